The van der Waals surface area contributed by atoms with Crippen LogP contribution in [0.15, 0.2) is 103 Å². The van der Waals surface area contributed by atoms with E-state index in [1.807, 2.05) is 92.1 Å². The van der Waals surface area contributed by atoms with Crippen LogP contribution in [0.3, 0.4) is 0 Å². The molecular weight excluding hydrogens is 408 g/mol. The van der Waals surface area contributed by atoms with Crippen LogP contribution in [0.5, 0.6) is 5.88 Å². The summed E-state index contributed by atoms with van der Waals surface area (Å²) in [5.74, 6) is 1.01. The van der Waals surface area contributed by atoms with Gasteiger partial charge in [-0.3, -0.25) is 4.98 Å². The van der Waals surface area contributed by atoms with Crippen molar-refractivity contribution in [1.82, 2.24) is 19.9 Å². The SMILES string of the molecule is Cc1cccc(-c2nc(OCc3ccccc3)cc(-c3cncc(-c4ccccc4)c3)n2)n1. The Hall–Kier alpha value is -4.38. The van der Waals surface area contributed by atoms with Crippen molar-refractivity contribution in [2.45, 2.75) is 13.5 Å². The van der Waals surface area contributed by atoms with Crippen molar-refractivity contribution in [2.75, 3.05) is 0 Å². The number of hydrogen-bond donors (Lipinski definition) is 0. The van der Waals surface area contributed by atoms with Crippen molar-refractivity contribution >= 4 is 0 Å². The molecule has 0 aliphatic heterocycles. The maximum Gasteiger partial charge on any atom is 0.217 e. The molecule has 0 N–H and O–H groups in total. The standard InChI is InChI=1S/C28H22N4O/c1-20-9-8-14-25(30-20)28-31-26(16-27(32-28)33-19-21-10-4-2-5-11-21)24-15-23(17-29-18-24)22-12-6-3-7-13-22/h2-18H,19H2,1H3. The highest BCUT2D eigenvalue weighted by Crippen LogP contribution is 2.28. The van der Waals surface area contributed by atoms with Gasteiger partial charge in [0.15, 0.2) is 5.82 Å². The molecule has 5 heteroatoms. The van der Waals surface area contributed by atoms with Crippen LogP contribution in [0, 0.1) is 6.92 Å². The van der Waals surface area contributed by atoms with Crippen LogP contribution < -0.4 is 4.74 Å². The average Bonchev–Trinajstić information content (AvgIpc) is 2.88. The molecule has 5 aromatic rings. The van der Waals surface area contributed by atoms with Crippen LogP contribution in [0.2, 0.25) is 0 Å². The zero-order valence-electron chi connectivity index (χ0n) is 18.2. The van der Waals surface area contributed by atoms with Gasteiger partial charge in [0.05, 0.1) is 5.69 Å². The number of rotatable bonds is 6. The summed E-state index contributed by atoms with van der Waals surface area (Å²) in [7, 11) is 0. The summed E-state index contributed by atoms with van der Waals surface area (Å²) in [5.41, 5.74) is 6.42. The number of hydrogen-bond acceptors (Lipinski definition) is 5. The number of aromatic nitrogens is 4. The van der Waals surface area contributed by atoms with Gasteiger partial charge < -0.3 is 4.74 Å². The molecule has 0 saturated carbocycles. The molecule has 0 bridgehead atoms. The zero-order chi connectivity index (χ0) is 22.5. The second-order valence-electron chi connectivity index (χ2n) is 7.68. The predicted molar refractivity (Wildman–Crippen MR) is 129 cm³/mol. The number of nitrogens with zero attached hydrogens (tertiary/aromatic N) is 4. The number of pyridine rings is 2. The molecule has 0 fully saturated rings. The van der Waals surface area contributed by atoms with Gasteiger partial charge >= 0.3 is 0 Å². The first kappa shape index (κ1) is 20.5. The average molecular weight is 431 g/mol. The Morgan fingerprint density at radius 1 is 0.636 bits per heavy atom. The van der Waals surface area contributed by atoms with Gasteiger partial charge in [-0.2, -0.15) is 4.98 Å². The van der Waals surface area contributed by atoms with E-state index >= 15 is 0 Å². The first-order valence-electron chi connectivity index (χ1n) is 10.8. The fourth-order valence-corrected chi connectivity index (χ4v) is 3.53. The highest BCUT2D eigenvalue weighted by molar-refractivity contribution is 5.71. The van der Waals surface area contributed by atoms with Crippen LogP contribution in [0.4, 0.5) is 0 Å². The van der Waals surface area contributed by atoms with E-state index in [9.17, 15) is 0 Å². The predicted octanol–water partition coefficient (Wildman–Crippen LogP) is 6.16. The van der Waals surface area contributed by atoms with Crippen LogP contribution in [-0.4, -0.2) is 19.9 Å². The quantitative estimate of drug-likeness (QED) is 0.323. The number of aryl methyl sites for hydroxylation is 1. The van der Waals surface area contributed by atoms with Gasteiger partial charge in [-0.25, -0.2) is 9.97 Å². The highest BCUT2D eigenvalue weighted by Gasteiger charge is 2.12. The smallest absolute Gasteiger partial charge is 0.217 e. The molecular formula is C28H22N4O. The molecule has 0 aliphatic carbocycles. The Kier molecular flexibility index (Phi) is 5.85. The van der Waals surface area contributed by atoms with E-state index in [0.29, 0.717) is 24.0 Å². The normalized spacial score (nSPS) is 10.7. The van der Waals surface area contributed by atoms with Gasteiger partial charge in [-0.05, 0) is 36.2 Å². The maximum atomic E-state index is 6.06. The van der Waals surface area contributed by atoms with Crippen molar-refractivity contribution in [3.05, 3.63) is 115 Å². The number of benzene rings is 2. The summed E-state index contributed by atoms with van der Waals surface area (Å²) < 4.78 is 6.06. The van der Waals surface area contributed by atoms with Gasteiger partial charge in [0.1, 0.15) is 12.3 Å². The van der Waals surface area contributed by atoms with Crippen LogP contribution in [0.1, 0.15) is 11.3 Å². The second-order valence-corrected chi connectivity index (χ2v) is 7.68. The third-order valence-electron chi connectivity index (χ3n) is 5.19. The topological polar surface area (TPSA) is 60.8 Å². The third kappa shape index (κ3) is 4.93. The van der Waals surface area contributed by atoms with Crippen LogP contribution >= 0.6 is 0 Å². The summed E-state index contributed by atoms with van der Waals surface area (Å²) in [5, 5.41) is 0. The van der Waals surface area contributed by atoms with Crippen molar-refractivity contribution in [2.24, 2.45) is 0 Å². The van der Waals surface area contributed by atoms with Gasteiger partial charge in [-0.1, -0.05) is 66.7 Å². The molecule has 0 spiro atoms. The molecule has 2 aromatic carbocycles. The molecule has 0 radical (unpaired) electrons. The molecule has 5 rings (SSSR count). The minimum atomic E-state index is 0.417. The Bertz CT molecular complexity index is 1370. The molecule has 5 nitrogen and oxygen atoms in total. The van der Waals surface area contributed by atoms with Crippen LogP contribution in [-0.2, 0) is 6.61 Å². The van der Waals surface area contributed by atoms with Crippen molar-refractivity contribution < 1.29 is 4.74 Å². The summed E-state index contributed by atoms with van der Waals surface area (Å²) in [6.45, 7) is 2.37. The van der Waals surface area contributed by atoms with Crippen molar-refractivity contribution in [3.8, 4) is 39.8 Å². The third-order valence-corrected chi connectivity index (χ3v) is 5.19. The summed E-state index contributed by atoms with van der Waals surface area (Å²) >= 11 is 0. The minimum Gasteiger partial charge on any atom is -0.473 e. The lowest BCUT2D eigenvalue weighted by molar-refractivity contribution is 0.294. The lowest BCUT2D eigenvalue weighted by Gasteiger charge is -2.11. The molecule has 3 heterocycles. The first-order chi connectivity index (χ1) is 16.2. The van der Waals surface area contributed by atoms with E-state index in [2.05, 4.69) is 33.2 Å². The molecule has 0 unspecified atom stereocenters. The Labute approximate surface area is 192 Å². The summed E-state index contributed by atoms with van der Waals surface area (Å²) in [4.78, 5) is 18.5. The first-order valence-corrected chi connectivity index (χ1v) is 10.8. The van der Waals surface area contributed by atoms with Crippen LogP contribution in [0.25, 0.3) is 33.9 Å². The molecule has 0 atom stereocenters. The fourth-order valence-electron chi connectivity index (χ4n) is 3.53. The molecule has 3 aromatic heterocycles. The highest BCUT2D eigenvalue weighted by atomic mass is 16.5. The molecule has 0 saturated heterocycles. The Balaban J connectivity index is 1.55. The summed E-state index contributed by atoms with van der Waals surface area (Å²) in [6.07, 6.45) is 3.67. The molecule has 160 valence electrons. The fraction of sp³-hybridized carbons (Fsp3) is 0.0714. The van der Waals surface area contributed by atoms with E-state index in [4.69, 9.17) is 9.72 Å². The number of ether oxygens (including phenoxy) is 1. The monoisotopic (exact) mass is 430 g/mol. The maximum absolute atomic E-state index is 6.06. The molecule has 33 heavy (non-hydrogen) atoms. The van der Waals surface area contributed by atoms with Gasteiger partial charge in [0.25, 0.3) is 0 Å². The molecule has 0 amide bonds. The van der Waals surface area contributed by atoms with Gasteiger partial charge in [0.2, 0.25) is 5.88 Å². The van der Waals surface area contributed by atoms with Crippen molar-refractivity contribution in [3.63, 3.8) is 0 Å². The largest absolute Gasteiger partial charge is 0.473 e. The van der Waals surface area contributed by atoms with Crippen molar-refractivity contribution in [1.29, 1.82) is 0 Å². The van der Waals surface area contributed by atoms with E-state index in [0.717, 1.165) is 33.6 Å². The van der Waals surface area contributed by atoms with E-state index in [1.165, 1.54) is 0 Å². The Morgan fingerprint density at radius 2 is 1.39 bits per heavy atom. The van der Waals surface area contributed by atoms with E-state index in [-0.39, 0.29) is 0 Å². The lowest BCUT2D eigenvalue weighted by Crippen LogP contribution is -2.02. The van der Waals surface area contributed by atoms with E-state index in [1.54, 1.807) is 0 Å². The Morgan fingerprint density at radius 3 is 2.18 bits per heavy atom. The minimum absolute atomic E-state index is 0.417. The summed E-state index contributed by atoms with van der Waals surface area (Å²) in [6, 6.07) is 29.9. The zero-order valence-corrected chi connectivity index (χ0v) is 18.2. The van der Waals surface area contributed by atoms with Gasteiger partial charge in [0, 0.05) is 35.3 Å². The second kappa shape index (κ2) is 9.40. The lowest BCUT2D eigenvalue weighted by atomic mass is 10.0. The molecule has 0 aliphatic rings. The van der Waals surface area contributed by atoms with Gasteiger partial charge in [-0.15, -0.1) is 0 Å². The van der Waals surface area contributed by atoms with E-state index < -0.39 is 0 Å².